The molecular formula is C25H17ClFN5O. The number of imidazole rings is 1. The van der Waals surface area contributed by atoms with Gasteiger partial charge in [0.2, 0.25) is 0 Å². The number of hydrogen-bond acceptors (Lipinski definition) is 5. The summed E-state index contributed by atoms with van der Waals surface area (Å²) in [5.41, 5.74) is 4.54. The van der Waals surface area contributed by atoms with E-state index < -0.39 is 11.9 Å². The van der Waals surface area contributed by atoms with Crippen LogP contribution in [0.15, 0.2) is 67.3 Å². The molecule has 2 heterocycles. The number of ether oxygens (including phenoxy) is 1. The number of nitriles is 2. The number of nitrogens with zero attached hydrogens (tertiary/aromatic N) is 5. The Bertz CT molecular complexity index is 1390. The molecule has 0 aliphatic heterocycles. The second-order valence-electron chi connectivity index (χ2n) is 7.32. The lowest BCUT2D eigenvalue weighted by molar-refractivity contribution is 0.0622. The lowest BCUT2D eigenvalue weighted by Crippen LogP contribution is -2.11. The Kier molecular flexibility index (Phi) is 6.46. The Hall–Kier alpha value is -4.04. The van der Waals surface area contributed by atoms with Gasteiger partial charge in [0.25, 0.3) is 0 Å². The monoisotopic (exact) mass is 457 g/mol. The summed E-state index contributed by atoms with van der Waals surface area (Å²) in [5, 5.41) is 18.4. The number of aryl methyl sites for hydroxylation is 1. The fraction of sp³-hybridized carbons (Fsp3) is 0.120. The molecule has 0 N–H and O–H groups in total. The highest BCUT2D eigenvalue weighted by Crippen LogP contribution is 2.32. The van der Waals surface area contributed by atoms with Gasteiger partial charge in [-0.05, 0) is 47.0 Å². The lowest BCUT2D eigenvalue weighted by Gasteiger charge is -2.20. The minimum Gasteiger partial charge on any atom is -0.362 e. The van der Waals surface area contributed by atoms with Crippen molar-refractivity contribution >= 4 is 11.6 Å². The first-order chi connectivity index (χ1) is 16.0. The first-order valence-corrected chi connectivity index (χ1v) is 10.3. The summed E-state index contributed by atoms with van der Waals surface area (Å²) in [6, 6.07) is 17.2. The molecular weight excluding hydrogens is 441 g/mol. The molecule has 0 radical (unpaired) electrons. The van der Waals surface area contributed by atoms with E-state index in [1.807, 2.05) is 23.8 Å². The van der Waals surface area contributed by atoms with Crippen molar-refractivity contribution in [1.82, 2.24) is 14.5 Å². The van der Waals surface area contributed by atoms with Crippen LogP contribution in [0.3, 0.4) is 0 Å². The molecule has 0 amide bonds. The molecule has 4 rings (SSSR count). The number of halogens is 2. The molecule has 0 saturated carbocycles. The summed E-state index contributed by atoms with van der Waals surface area (Å²) in [7, 11) is 1.86. The first-order valence-electron chi connectivity index (χ1n) is 9.92. The normalized spacial score (nSPS) is 11.5. The van der Waals surface area contributed by atoms with Gasteiger partial charge < -0.3 is 9.30 Å². The van der Waals surface area contributed by atoms with Crippen LogP contribution in [0.25, 0.3) is 11.1 Å². The van der Waals surface area contributed by atoms with Crippen LogP contribution in [-0.2, 0) is 18.4 Å². The number of benzene rings is 2. The van der Waals surface area contributed by atoms with Gasteiger partial charge in [0, 0.05) is 18.8 Å². The molecule has 0 bridgehead atoms. The standard InChI is InChI=1S/C25H17ClFN5O/c1-32-15-30-13-24(32)25(18-4-6-20(11-29)31-12-18)33-14-19-3-2-16(10-28)8-21(19)17-5-7-23(27)22(26)9-17/h2-9,12-13,15,25H,14H2,1H3. The third-order valence-corrected chi connectivity index (χ3v) is 5.49. The van der Waals surface area contributed by atoms with E-state index in [9.17, 15) is 9.65 Å². The highest BCUT2D eigenvalue weighted by atomic mass is 35.5. The van der Waals surface area contributed by atoms with Gasteiger partial charge in [-0.25, -0.2) is 14.4 Å². The van der Waals surface area contributed by atoms with Crippen LogP contribution < -0.4 is 0 Å². The Balaban J connectivity index is 1.71. The van der Waals surface area contributed by atoms with Crippen LogP contribution in [0.1, 0.15) is 34.2 Å². The predicted octanol–water partition coefficient (Wildman–Crippen LogP) is 5.32. The van der Waals surface area contributed by atoms with E-state index in [2.05, 4.69) is 16.0 Å². The van der Waals surface area contributed by atoms with Gasteiger partial charge >= 0.3 is 0 Å². The maximum Gasteiger partial charge on any atom is 0.141 e. The highest BCUT2D eigenvalue weighted by molar-refractivity contribution is 6.31. The van der Waals surface area contributed by atoms with E-state index >= 15 is 0 Å². The number of rotatable bonds is 6. The predicted molar refractivity (Wildman–Crippen MR) is 120 cm³/mol. The van der Waals surface area contributed by atoms with Crippen LogP contribution in [0.4, 0.5) is 4.39 Å². The summed E-state index contributed by atoms with van der Waals surface area (Å²) in [6.07, 6.45) is 4.49. The maximum atomic E-state index is 13.7. The van der Waals surface area contributed by atoms with E-state index in [1.54, 1.807) is 49.1 Å². The Morgan fingerprint density at radius 3 is 2.58 bits per heavy atom. The quantitative estimate of drug-likeness (QED) is 0.391. The number of pyridine rings is 1. The number of hydrogen-bond donors (Lipinski definition) is 0. The van der Waals surface area contributed by atoms with Gasteiger partial charge in [-0.3, -0.25) is 0 Å². The number of aromatic nitrogens is 3. The van der Waals surface area contributed by atoms with Crippen molar-refractivity contribution in [3.8, 4) is 23.3 Å². The van der Waals surface area contributed by atoms with E-state index in [4.69, 9.17) is 21.6 Å². The fourth-order valence-corrected chi connectivity index (χ4v) is 3.66. The zero-order chi connectivity index (χ0) is 23.4. The molecule has 8 heteroatoms. The zero-order valence-corrected chi connectivity index (χ0v) is 18.3. The molecule has 2 aromatic heterocycles. The fourth-order valence-electron chi connectivity index (χ4n) is 3.48. The Labute approximate surface area is 195 Å². The van der Waals surface area contributed by atoms with E-state index in [1.165, 1.54) is 12.1 Å². The summed E-state index contributed by atoms with van der Waals surface area (Å²) < 4.78 is 21.9. The van der Waals surface area contributed by atoms with Crippen molar-refractivity contribution in [1.29, 1.82) is 10.5 Å². The molecule has 4 aromatic rings. The van der Waals surface area contributed by atoms with Crippen LogP contribution in [0.5, 0.6) is 0 Å². The van der Waals surface area contributed by atoms with Gasteiger partial charge in [0.15, 0.2) is 0 Å². The first kappa shape index (κ1) is 22.2. The summed E-state index contributed by atoms with van der Waals surface area (Å²) >= 11 is 6.00. The molecule has 0 aliphatic rings. The topological polar surface area (TPSA) is 87.5 Å². The Morgan fingerprint density at radius 1 is 1.09 bits per heavy atom. The van der Waals surface area contributed by atoms with Crippen LogP contribution in [0.2, 0.25) is 5.02 Å². The van der Waals surface area contributed by atoms with Crippen molar-refractivity contribution < 1.29 is 9.13 Å². The SMILES string of the molecule is Cn1cncc1C(OCc1ccc(C#N)cc1-c1ccc(F)c(Cl)c1)c1ccc(C#N)nc1. The average Bonchev–Trinajstić information content (AvgIpc) is 3.27. The molecule has 1 unspecified atom stereocenters. The van der Waals surface area contributed by atoms with Crippen LogP contribution >= 0.6 is 11.6 Å². The summed E-state index contributed by atoms with van der Waals surface area (Å²) in [6.45, 7) is 0.186. The highest BCUT2D eigenvalue weighted by Gasteiger charge is 2.20. The lowest BCUT2D eigenvalue weighted by atomic mass is 9.97. The van der Waals surface area contributed by atoms with Gasteiger partial charge in [-0.1, -0.05) is 29.8 Å². The van der Waals surface area contributed by atoms with Crippen molar-refractivity contribution in [3.05, 3.63) is 106 Å². The molecule has 0 aliphatic carbocycles. The molecule has 2 aromatic carbocycles. The minimum atomic E-state index is -0.515. The second kappa shape index (κ2) is 9.62. The van der Waals surface area contributed by atoms with E-state index in [0.717, 1.165) is 22.4 Å². The molecule has 162 valence electrons. The van der Waals surface area contributed by atoms with Crippen LogP contribution in [0, 0.1) is 28.5 Å². The smallest absolute Gasteiger partial charge is 0.141 e. The van der Waals surface area contributed by atoms with Gasteiger partial charge in [0.1, 0.15) is 23.7 Å². The molecule has 33 heavy (non-hydrogen) atoms. The van der Waals surface area contributed by atoms with Crippen molar-refractivity contribution in [2.45, 2.75) is 12.7 Å². The largest absolute Gasteiger partial charge is 0.362 e. The molecule has 0 fully saturated rings. The second-order valence-corrected chi connectivity index (χ2v) is 7.73. The zero-order valence-electron chi connectivity index (χ0n) is 17.5. The van der Waals surface area contributed by atoms with Gasteiger partial charge in [-0.15, -0.1) is 0 Å². The van der Waals surface area contributed by atoms with Crippen LogP contribution in [-0.4, -0.2) is 14.5 Å². The van der Waals surface area contributed by atoms with Crippen molar-refractivity contribution in [2.75, 3.05) is 0 Å². The minimum absolute atomic E-state index is 0.00172. The summed E-state index contributed by atoms with van der Waals surface area (Å²) in [4.78, 5) is 8.35. The third kappa shape index (κ3) is 4.75. The summed E-state index contributed by atoms with van der Waals surface area (Å²) in [5.74, 6) is -0.515. The van der Waals surface area contributed by atoms with Crippen molar-refractivity contribution in [2.24, 2.45) is 7.05 Å². The Morgan fingerprint density at radius 2 is 1.94 bits per heavy atom. The van der Waals surface area contributed by atoms with Gasteiger partial charge in [0.05, 0.1) is 41.5 Å². The molecule has 6 nitrogen and oxygen atoms in total. The van der Waals surface area contributed by atoms with Gasteiger partial charge in [-0.2, -0.15) is 10.5 Å². The van der Waals surface area contributed by atoms with E-state index in [-0.39, 0.29) is 11.6 Å². The third-order valence-electron chi connectivity index (χ3n) is 5.20. The van der Waals surface area contributed by atoms with E-state index in [0.29, 0.717) is 16.8 Å². The average molecular weight is 458 g/mol. The van der Waals surface area contributed by atoms with Crippen molar-refractivity contribution in [3.63, 3.8) is 0 Å². The maximum absolute atomic E-state index is 13.7. The molecule has 0 saturated heterocycles. The molecule has 0 spiro atoms. The molecule has 1 atom stereocenters.